The van der Waals surface area contributed by atoms with Gasteiger partial charge >= 0.3 is 18.1 Å². The van der Waals surface area contributed by atoms with Crippen LogP contribution in [0, 0.1) is 20.8 Å². The molecule has 2 aromatic carbocycles. The summed E-state index contributed by atoms with van der Waals surface area (Å²) in [5, 5.41) is 5.56. The number of alkyl halides is 3. The van der Waals surface area contributed by atoms with Gasteiger partial charge in [-0.3, -0.25) is 14.6 Å². The van der Waals surface area contributed by atoms with Crippen LogP contribution >= 0.6 is 23.2 Å². The Morgan fingerprint density at radius 3 is 1.58 bits per heavy atom. The molecule has 0 aliphatic heterocycles. The predicted octanol–water partition coefficient (Wildman–Crippen LogP) is 9.83. The molecule has 0 saturated heterocycles. The maximum Gasteiger partial charge on any atom is 0.416 e. The van der Waals surface area contributed by atoms with E-state index in [1.165, 1.54) is 12.1 Å². The Morgan fingerprint density at radius 1 is 0.604 bits per heavy atom. The van der Waals surface area contributed by atoms with E-state index < -0.39 is 52.3 Å². The van der Waals surface area contributed by atoms with Crippen LogP contribution in [-0.4, -0.2) is 44.9 Å². The quantitative estimate of drug-likeness (QED) is 0.185. The number of aromatic nitrogens is 2. The minimum Gasteiger partial charge on any atom is -0.456 e. The number of amides is 2. The van der Waals surface area contributed by atoms with Gasteiger partial charge in [-0.25, -0.2) is 14.6 Å². The van der Waals surface area contributed by atoms with E-state index in [0.29, 0.717) is 29.0 Å². The maximum absolute atomic E-state index is 13.1. The third-order valence-corrected chi connectivity index (χ3v) is 7.33. The van der Waals surface area contributed by atoms with Crippen LogP contribution in [0.5, 0.6) is 0 Å². The van der Waals surface area contributed by atoms with E-state index in [1.54, 1.807) is 92.6 Å². The third kappa shape index (κ3) is 12.9. The average molecular weight is 776 g/mol. The lowest BCUT2D eigenvalue weighted by Gasteiger charge is -2.21. The number of hydrogen-bond donors (Lipinski definition) is 2. The van der Waals surface area contributed by atoms with E-state index in [1.807, 2.05) is 0 Å². The minimum absolute atomic E-state index is 0.0366. The Hall–Kier alpha value is -5.01. The molecular formula is C38H39Cl2F3N4O6. The van der Waals surface area contributed by atoms with Crippen molar-refractivity contribution >= 4 is 58.5 Å². The number of benzene rings is 2. The molecule has 0 atom stereocenters. The number of hydrogen-bond acceptors (Lipinski definition) is 8. The van der Waals surface area contributed by atoms with Gasteiger partial charge in [0.25, 0.3) is 11.8 Å². The molecule has 2 N–H and O–H groups in total. The second-order valence-corrected chi connectivity index (χ2v) is 14.6. The van der Waals surface area contributed by atoms with E-state index in [2.05, 4.69) is 20.6 Å². The van der Waals surface area contributed by atoms with E-state index in [-0.39, 0.29) is 26.7 Å². The Kier molecular flexibility index (Phi) is 13.4. The number of pyridine rings is 2. The van der Waals surface area contributed by atoms with Crippen LogP contribution in [0.25, 0.3) is 0 Å². The number of anilines is 2. The zero-order valence-electron chi connectivity index (χ0n) is 30.5. The molecule has 0 bridgehead atoms. The summed E-state index contributed by atoms with van der Waals surface area (Å²) in [5.74, 6) is -2.55. The van der Waals surface area contributed by atoms with E-state index in [4.69, 9.17) is 32.7 Å². The van der Waals surface area contributed by atoms with Gasteiger partial charge < -0.3 is 20.1 Å². The molecule has 53 heavy (non-hydrogen) atoms. The van der Waals surface area contributed by atoms with Crippen LogP contribution in [0.2, 0.25) is 10.0 Å². The minimum atomic E-state index is -4.66. The first-order valence-electron chi connectivity index (χ1n) is 16.0. The SMILES string of the molecule is Cc1cc(NC(=O)c2ccc(C(F)(F)F)cc2C(=O)OC(C)(C)C)cc(C)n1.Cc1cccc(NC(=O)c2cc(Cl)c(Cl)cc2C(=O)OC(C)(C)C)n1. The van der Waals surface area contributed by atoms with E-state index >= 15 is 0 Å². The number of nitrogens with zero attached hydrogens (tertiary/aromatic N) is 2. The Morgan fingerprint density at radius 2 is 1.09 bits per heavy atom. The Balaban J connectivity index is 0.000000287. The molecule has 0 fully saturated rings. The lowest BCUT2D eigenvalue weighted by Crippen LogP contribution is -2.26. The van der Waals surface area contributed by atoms with Gasteiger partial charge in [-0.2, -0.15) is 13.2 Å². The number of ether oxygens (including phenoxy) is 2. The molecule has 0 radical (unpaired) electrons. The van der Waals surface area contributed by atoms with Crippen LogP contribution in [0.15, 0.2) is 60.7 Å². The summed E-state index contributed by atoms with van der Waals surface area (Å²) in [4.78, 5) is 58.6. The molecule has 10 nitrogen and oxygen atoms in total. The summed E-state index contributed by atoms with van der Waals surface area (Å²) >= 11 is 12.0. The molecule has 0 saturated carbocycles. The second kappa shape index (κ2) is 16.8. The van der Waals surface area contributed by atoms with Gasteiger partial charge in [0.05, 0.1) is 37.9 Å². The van der Waals surface area contributed by atoms with Crippen molar-refractivity contribution in [3.63, 3.8) is 0 Å². The van der Waals surface area contributed by atoms with Crippen molar-refractivity contribution in [2.24, 2.45) is 0 Å². The zero-order valence-corrected chi connectivity index (χ0v) is 32.0. The zero-order chi connectivity index (χ0) is 40.1. The second-order valence-electron chi connectivity index (χ2n) is 13.8. The summed E-state index contributed by atoms with van der Waals surface area (Å²) in [6, 6.07) is 13.5. The first-order valence-corrected chi connectivity index (χ1v) is 16.8. The number of carbonyl (C=O) groups excluding carboxylic acids is 4. The highest BCUT2D eigenvalue weighted by Gasteiger charge is 2.33. The van der Waals surface area contributed by atoms with Gasteiger partial charge in [-0.05, 0) is 117 Å². The van der Waals surface area contributed by atoms with Crippen molar-refractivity contribution in [3.05, 3.63) is 116 Å². The first kappa shape index (κ1) is 42.4. The lowest BCUT2D eigenvalue weighted by molar-refractivity contribution is -0.137. The number of esters is 2. The molecule has 0 aliphatic carbocycles. The summed E-state index contributed by atoms with van der Waals surface area (Å²) in [5.41, 5.74) is -0.761. The normalized spacial score (nSPS) is 11.5. The molecule has 282 valence electrons. The molecule has 0 unspecified atom stereocenters. The Bertz CT molecular complexity index is 2020. The van der Waals surface area contributed by atoms with Crippen molar-refractivity contribution in [1.29, 1.82) is 0 Å². The highest BCUT2D eigenvalue weighted by Crippen LogP contribution is 2.32. The largest absolute Gasteiger partial charge is 0.456 e. The molecule has 0 aliphatic rings. The molecule has 0 spiro atoms. The van der Waals surface area contributed by atoms with Crippen molar-refractivity contribution in [2.45, 2.75) is 79.7 Å². The average Bonchev–Trinajstić information content (AvgIpc) is 2.99. The van der Waals surface area contributed by atoms with Gasteiger partial charge in [-0.1, -0.05) is 29.3 Å². The first-order chi connectivity index (χ1) is 24.3. The highest BCUT2D eigenvalue weighted by molar-refractivity contribution is 6.42. The third-order valence-electron chi connectivity index (χ3n) is 6.60. The number of rotatable bonds is 6. The van der Waals surface area contributed by atoms with Gasteiger partial charge in [0.15, 0.2) is 0 Å². The van der Waals surface area contributed by atoms with Crippen LogP contribution in [-0.2, 0) is 15.7 Å². The maximum atomic E-state index is 13.1. The summed E-state index contributed by atoms with van der Waals surface area (Å²) in [7, 11) is 0. The number of aryl methyl sites for hydroxylation is 3. The molecular weight excluding hydrogens is 736 g/mol. The van der Waals surface area contributed by atoms with Gasteiger partial charge in [0.1, 0.15) is 17.0 Å². The van der Waals surface area contributed by atoms with Crippen molar-refractivity contribution in [3.8, 4) is 0 Å². The van der Waals surface area contributed by atoms with Crippen molar-refractivity contribution < 1.29 is 41.8 Å². The highest BCUT2D eigenvalue weighted by atomic mass is 35.5. The van der Waals surface area contributed by atoms with Crippen LogP contribution in [0.3, 0.4) is 0 Å². The smallest absolute Gasteiger partial charge is 0.416 e. The molecule has 2 heterocycles. The number of carbonyl (C=O) groups is 4. The van der Waals surface area contributed by atoms with Gasteiger partial charge in [-0.15, -0.1) is 0 Å². The standard InChI is InChI=1S/C20H21F3N2O3.C18H18Cl2N2O3/c1-11-8-14(9-12(2)24-11)25-17(26)15-7-6-13(20(21,22)23)10-16(15)18(27)28-19(3,4)5;1-10-6-5-7-15(21-10)22-16(23)11-8-13(19)14(20)9-12(11)17(24)25-18(2,3)4/h6-10H,1-5H3,(H,24,25,26);5-9H,1-4H3,(H,21,22,23). The molecule has 4 rings (SSSR count). The summed E-state index contributed by atoms with van der Waals surface area (Å²) in [6.07, 6.45) is -4.66. The van der Waals surface area contributed by atoms with Crippen molar-refractivity contribution in [1.82, 2.24) is 9.97 Å². The molecule has 2 aromatic heterocycles. The summed E-state index contributed by atoms with van der Waals surface area (Å²) < 4.78 is 49.8. The van der Waals surface area contributed by atoms with Gasteiger partial charge in [0, 0.05) is 22.8 Å². The van der Waals surface area contributed by atoms with Gasteiger partial charge in [0.2, 0.25) is 0 Å². The van der Waals surface area contributed by atoms with Crippen molar-refractivity contribution in [2.75, 3.05) is 10.6 Å². The predicted molar refractivity (Wildman–Crippen MR) is 197 cm³/mol. The summed E-state index contributed by atoms with van der Waals surface area (Å²) in [6.45, 7) is 15.2. The van der Waals surface area contributed by atoms with E-state index in [9.17, 15) is 32.3 Å². The fraction of sp³-hybridized carbons (Fsp3) is 0.316. The lowest BCUT2D eigenvalue weighted by atomic mass is 10.0. The number of halogens is 5. The fourth-order valence-corrected chi connectivity index (χ4v) is 4.89. The molecule has 2 amide bonds. The topological polar surface area (TPSA) is 137 Å². The monoisotopic (exact) mass is 774 g/mol. The number of nitrogens with one attached hydrogen (secondary N) is 2. The molecule has 15 heteroatoms. The fourth-order valence-electron chi connectivity index (χ4n) is 4.56. The van der Waals surface area contributed by atoms with Crippen LogP contribution in [0.4, 0.5) is 24.7 Å². The molecule has 4 aromatic rings. The van der Waals surface area contributed by atoms with Crippen LogP contribution < -0.4 is 10.6 Å². The Labute approximate surface area is 315 Å². The van der Waals surface area contributed by atoms with Crippen LogP contribution in [0.1, 0.15) is 106 Å². The van der Waals surface area contributed by atoms with E-state index in [0.717, 1.165) is 17.8 Å².